The van der Waals surface area contributed by atoms with E-state index in [4.69, 9.17) is 13.9 Å². The number of aliphatic hydroxyl groups is 3. The summed E-state index contributed by atoms with van der Waals surface area (Å²) < 4.78 is 16.4. The summed E-state index contributed by atoms with van der Waals surface area (Å²) >= 11 is 0. The Morgan fingerprint density at radius 1 is 1.41 bits per heavy atom. The van der Waals surface area contributed by atoms with Crippen LogP contribution >= 0.6 is 0 Å². The van der Waals surface area contributed by atoms with Crippen LogP contribution in [0.25, 0.3) is 17.0 Å². The average molecular weight is 306 g/mol. The zero-order valence-electron chi connectivity index (χ0n) is 12.3. The van der Waals surface area contributed by atoms with Gasteiger partial charge in [-0.3, -0.25) is 0 Å². The van der Waals surface area contributed by atoms with Gasteiger partial charge in [-0.05, 0) is 32.1 Å². The molecule has 1 aromatic carbocycles. The van der Waals surface area contributed by atoms with E-state index in [2.05, 4.69) is 0 Å². The van der Waals surface area contributed by atoms with Gasteiger partial charge in [-0.25, -0.2) is 0 Å². The second kappa shape index (κ2) is 5.31. The predicted octanol–water partition coefficient (Wildman–Crippen LogP) is 1.67. The van der Waals surface area contributed by atoms with Crippen molar-refractivity contribution in [1.82, 2.24) is 0 Å². The summed E-state index contributed by atoms with van der Waals surface area (Å²) in [7, 11) is 0. The van der Waals surface area contributed by atoms with Crippen molar-refractivity contribution in [3.05, 3.63) is 30.0 Å². The fourth-order valence-electron chi connectivity index (χ4n) is 2.20. The molecule has 22 heavy (non-hydrogen) atoms. The summed E-state index contributed by atoms with van der Waals surface area (Å²) in [6.45, 7) is 2.93. The molecular weight excluding hydrogens is 288 g/mol. The topological polar surface area (TPSA) is 92.3 Å². The maximum absolute atomic E-state index is 9.93. The van der Waals surface area contributed by atoms with Crippen LogP contribution in [0.2, 0.25) is 0 Å². The minimum absolute atomic E-state index is 0.0867. The van der Waals surface area contributed by atoms with Gasteiger partial charge < -0.3 is 29.2 Å². The highest BCUT2D eigenvalue weighted by atomic mass is 16.6. The number of aliphatic hydroxyl groups excluding tert-OH is 2. The predicted molar refractivity (Wildman–Crippen MR) is 79.7 cm³/mol. The lowest BCUT2D eigenvalue weighted by Gasteiger charge is -2.26. The maximum Gasteiger partial charge on any atom is 0.217 e. The van der Waals surface area contributed by atoms with Crippen molar-refractivity contribution in [3.63, 3.8) is 0 Å². The average Bonchev–Trinajstić information content (AvgIpc) is 2.89. The highest BCUT2D eigenvalue weighted by Gasteiger charge is 2.27. The molecule has 2 atom stereocenters. The smallest absolute Gasteiger partial charge is 0.217 e. The zero-order chi connectivity index (χ0) is 15.9. The number of rotatable bonds is 4. The van der Waals surface area contributed by atoms with Gasteiger partial charge >= 0.3 is 0 Å². The van der Waals surface area contributed by atoms with Crippen LogP contribution in [0.4, 0.5) is 0 Å². The van der Waals surface area contributed by atoms with E-state index in [1.807, 2.05) is 0 Å². The number of furan rings is 1. The Hall–Kier alpha value is -2.02. The first-order chi connectivity index (χ1) is 10.4. The van der Waals surface area contributed by atoms with Gasteiger partial charge in [0.25, 0.3) is 0 Å². The van der Waals surface area contributed by atoms with Crippen molar-refractivity contribution < 1.29 is 29.2 Å². The standard InChI is InChI=1S/C16H18O6/c1-16(2,19)13(17)8-21-15-9-3-4-14(18)22-12(9)7-11-10(15)5-6-20-11/h3-7,13-14,17-19H,8H2,1-2H3. The quantitative estimate of drug-likeness (QED) is 0.796. The van der Waals surface area contributed by atoms with Crippen LogP contribution in [0, 0.1) is 0 Å². The van der Waals surface area contributed by atoms with Crippen molar-refractivity contribution in [2.45, 2.75) is 31.8 Å². The van der Waals surface area contributed by atoms with E-state index < -0.39 is 18.0 Å². The normalized spacial score (nSPS) is 18.9. The summed E-state index contributed by atoms with van der Waals surface area (Å²) in [5, 5.41) is 30.0. The van der Waals surface area contributed by atoms with Gasteiger partial charge in [0.15, 0.2) is 0 Å². The first kappa shape index (κ1) is 14.9. The maximum atomic E-state index is 9.93. The SMILES string of the molecule is CC(C)(O)C(O)COc1c2c(cc3occc13)OC(O)C=C2. The first-order valence-corrected chi connectivity index (χ1v) is 6.96. The van der Waals surface area contributed by atoms with Gasteiger partial charge in [0.05, 0.1) is 22.8 Å². The minimum atomic E-state index is -1.27. The Morgan fingerprint density at radius 2 is 2.18 bits per heavy atom. The largest absolute Gasteiger partial charge is 0.489 e. The number of benzene rings is 1. The number of fused-ring (bicyclic) bond motifs is 2. The molecule has 0 saturated heterocycles. The molecule has 0 spiro atoms. The number of hydrogen-bond acceptors (Lipinski definition) is 6. The van der Waals surface area contributed by atoms with Gasteiger partial charge in [-0.15, -0.1) is 0 Å². The molecule has 1 aromatic heterocycles. The van der Waals surface area contributed by atoms with Gasteiger partial charge in [0.1, 0.15) is 29.8 Å². The van der Waals surface area contributed by atoms with Crippen molar-refractivity contribution >= 4 is 17.0 Å². The molecule has 118 valence electrons. The van der Waals surface area contributed by atoms with E-state index in [0.29, 0.717) is 22.6 Å². The van der Waals surface area contributed by atoms with E-state index in [0.717, 1.165) is 5.39 Å². The molecule has 0 fully saturated rings. The third kappa shape index (κ3) is 2.68. The minimum Gasteiger partial charge on any atom is -0.489 e. The molecule has 3 N–H and O–H groups in total. The Balaban J connectivity index is 1.98. The lowest BCUT2D eigenvalue weighted by molar-refractivity contribution is -0.0660. The monoisotopic (exact) mass is 306 g/mol. The van der Waals surface area contributed by atoms with Gasteiger partial charge in [-0.1, -0.05) is 0 Å². The summed E-state index contributed by atoms with van der Waals surface area (Å²) in [5.74, 6) is 0.915. The molecule has 0 amide bonds. The van der Waals surface area contributed by atoms with Gasteiger partial charge in [-0.2, -0.15) is 0 Å². The van der Waals surface area contributed by atoms with E-state index in [1.54, 1.807) is 18.2 Å². The molecule has 2 aromatic rings. The molecule has 0 radical (unpaired) electrons. The molecule has 2 unspecified atom stereocenters. The molecule has 0 bridgehead atoms. The van der Waals surface area contributed by atoms with Crippen LogP contribution in [-0.4, -0.2) is 39.9 Å². The molecule has 3 rings (SSSR count). The van der Waals surface area contributed by atoms with Crippen molar-refractivity contribution in [3.8, 4) is 11.5 Å². The molecule has 6 heteroatoms. The van der Waals surface area contributed by atoms with E-state index in [1.165, 1.54) is 26.2 Å². The lowest BCUT2D eigenvalue weighted by atomic mass is 10.0. The summed E-state index contributed by atoms with van der Waals surface area (Å²) in [6.07, 6.45) is 2.64. The molecule has 6 nitrogen and oxygen atoms in total. The van der Waals surface area contributed by atoms with Crippen LogP contribution in [0.15, 0.2) is 28.9 Å². The highest BCUT2D eigenvalue weighted by Crippen LogP contribution is 2.40. The second-order valence-corrected chi connectivity index (χ2v) is 5.80. The first-order valence-electron chi connectivity index (χ1n) is 6.96. The van der Waals surface area contributed by atoms with Gasteiger partial charge in [0.2, 0.25) is 6.29 Å². The summed E-state index contributed by atoms with van der Waals surface area (Å²) in [4.78, 5) is 0. The van der Waals surface area contributed by atoms with Crippen LogP contribution in [0.3, 0.4) is 0 Å². The van der Waals surface area contributed by atoms with Crippen LogP contribution in [-0.2, 0) is 0 Å². The molecule has 0 saturated carbocycles. The Bertz CT molecular complexity index is 709. The lowest BCUT2D eigenvalue weighted by Crippen LogP contribution is -2.40. The Kier molecular flexibility index (Phi) is 3.60. The van der Waals surface area contributed by atoms with E-state index in [-0.39, 0.29) is 6.61 Å². The molecule has 0 aliphatic carbocycles. The van der Waals surface area contributed by atoms with Crippen LogP contribution < -0.4 is 9.47 Å². The fourth-order valence-corrected chi connectivity index (χ4v) is 2.20. The van der Waals surface area contributed by atoms with Crippen LogP contribution in [0.5, 0.6) is 11.5 Å². The third-order valence-electron chi connectivity index (χ3n) is 3.59. The van der Waals surface area contributed by atoms with E-state index in [9.17, 15) is 15.3 Å². The van der Waals surface area contributed by atoms with Crippen LogP contribution in [0.1, 0.15) is 19.4 Å². The highest BCUT2D eigenvalue weighted by molar-refractivity contribution is 5.91. The molecule has 1 aliphatic rings. The fraction of sp³-hybridized carbons (Fsp3) is 0.375. The number of hydrogen-bond donors (Lipinski definition) is 3. The number of ether oxygens (including phenoxy) is 2. The van der Waals surface area contributed by atoms with Crippen molar-refractivity contribution in [2.75, 3.05) is 6.61 Å². The Morgan fingerprint density at radius 3 is 2.91 bits per heavy atom. The third-order valence-corrected chi connectivity index (χ3v) is 3.59. The van der Waals surface area contributed by atoms with E-state index >= 15 is 0 Å². The second-order valence-electron chi connectivity index (χ2n) is 5.80. The summed E-state index contributed by atoms with van der Waals surface area (Å²) in [5.41, 5.74) is -0.0662. The van der Waals surface area contributed by atoms with Crippen molar-refractivity contribution in [2.24, 2.45) is 0 Å². The molecule has 2 heterocycles. The van der Waals surface area contributed by atoms with Gasteiger partial charge in [0, 0.05) is 6.07 Å². The molecular formula is C16H18O6. The molecule has 1 aliphatic heterocycles. The summed E-state index contributed by atoms with van der Waals surface area (Å²) in [6, 6.07) is 3.43. The van der Waals surface area contributed by atoms with Crippen molar-refractivity contribution in [1.29, 1.82) is 0 Å². The zero-order valence-corrected chi connectivity index (χ0v) is 12.3. The Labute approximate surface area is 127 Å².